The van der Waals surface area contributed by atoms with E-state index in [0.717, 1.165) is 16.9 Å². The Balaban J connectivity index is 1.94. The van der Waals surface area contributed by atoms with E-state index in [9.17, 15) is 0 Å². The first kappa shape index (κ1) is 11.6. The quantitative estimate of drug-likeness (QED) is 0.778. The molecule has 96 valence electrons. The fraction of sp³-hybridized carbons (Fsp3) is 0.214. The van der Waals surface area contributed by atoms with Gasteiger partial charge in [-0.2, -0.15) is 4.98 Å². The Hall–Kier alpha value is -2.43. The lowest BCUT2D eigenvalue weighted by atomic mass is 10.2. The second-order valence-electron chi connectivity index (χ2n) is 4.41. The topological polar surface area (TPSA) is 63.8 Å². The molecule has 0 atom stereocenters. The summed E-state index contributed by atoms with van der Waals surface area (Å²) in [5.41, 5.74) is 2.52. The fourth-order valence-corrected chi connectivity index (χ4v) is 2.01. The molecule has 2 heterocycles. The summed E-state index contributed by atoms with van der Waals surface area (Å²) >= 11 is 0. The standard InChI is InChI=1S/C14H14N4O/c1-9-12-13(15-8-11-6-4-3-5-7-11)16-10(2)17-14(12)19-18-9/h3-7H,8H2,1-2H3,(H,15,16,17). The molecule has 5 heteroatoms. The summed E-state index contributed by atoms with van der Waals surface area (Å²) in [5, 5.41) is 8.10. The molecule has 19 heavy (non-hydrogen) atoms. The number of nitrogens with one attached hydrogen (secondary N) is 1. The number of benzene rings is 1. The smallest absolute Gasteiger partial charge is 0.263 e. The van der Waals surface area contributed by atoms with Gasteiger partial charge in [-0.15, -0.1) is 0 Å². The number of nitrogens with zero attached hydrogens (tertiary/aromatic N) is 3. The summed E-state index contributed by atoms with van der Waals surface area (Å²) < 4.78 is 5.18. The third kappa shape index (κ3) is 2.27. The predicted molar refractivity (Wildman–Crippen MR) is 72.8 cm³/mol. The van der Waals surface area contributed by atoms with Crippen LogP contribution in [0.3, 0.4) is 0 Å². The van der Waals surface area contributed by atoms with Crippen LogP contribution in [0, 0.1) is 13.8 Å². The summed E-state index contributed by atoms with van der Waals surface area (Å²) in [6.07, 6.45) is 0. The second-order valence-corrected chi connectivity index (χ2v) is 4.41. The molecule has 0 spiro atoms. The van der Waals surface area contributed by atoms with E-state index in [1.807, 2.05) is 32.0 Å². The van der Waals surface area contributed by atoms with E-state index in [1.54, 1.807) is 0 Å². The SMILES string of the molecule is Cc1nc(NCc2ccccc2)c2c(C)noc2n1. The summed E-state index contributed by atoms with van der Waals surface area (Å²) in [6, 6.07) is 10.2. The lowest BCUT2D eigenvalue weighted by molar-refractivity contribution is 0.442. The molecule has 0 unspecified atom stereocenters. The Labute approximate surface area is 110 Å². The highest BCUT2D eigenvalue weighted by Crippen LogP contribution is 2.23. The van der Waals surface area contributed by atoms with E-state index in [0.29, 0.717) is 18.1 Å². The predicted octanol–water partition coefficient (Wildman–Crippen LogP) is 2.85. The van der Waals surface area contributed by atoms with Crippen LogP contribution in [0.4, 0.5) is 5.82 Å². The highest BCUT2D eigenvalue weighted by Gasteiger charge is 2.13. The van der Waals surface area contributed by atoms with Crippen molar-refractivity contribution in [2.24, 2.45) is 0 Å². The number of rotatable bonds is 3. The zero-order valence-corrected chi connectivity index (χ0v) is 10.8. The zero-order valence-electron chi connectivity index (χ0n) is 10.8. The Morgan fingerprint density at radius 2 is 1.89 bits per heavy atom. The van der Waals surface area contributed by atoms with Crippen LogP contribution in [-0.4, -0.2) is 15.1 Å². The van der Waals surface area contributed by atoms with E-state index >= 15 is 0 Å². The third-order valence-corrected chi connectivity index (χ3v) is 2.92. The maximum Gasteiger partial charge on any atom is 0.263 e. The summed E-state index contributed by atoms with van der Waals surface area (Å²) in [6.45, 7) is 4.43. The molecule has 0 bridgehead atoms. The number of aromatic nitrogens is 3. The first-order valence-electron chi connectivity index (χ1n) is 6.12. The average Bonchev–Trinajstić information content (AvgIpc) is 2.79. The summed E-state index contributed by atoms with van der Waals surface area (Å²) in [7, 11) is 0. The highest BCUT2D eigenvalue weighted by atomic mass is 16.5. The monoisotopic (exact) mass is 254 g/mol. The maximum atomic E-state index is 5.18. The maximum absolute atomic E-state index is 5.18. The molecule has 1 N–H and O–H groups in total. The van der Waals surface area contributed by atoms with Gasteiger partial charge in [0.25, 0.3) is 5.71 Å². The van der Waals surface area contributed by atoms with Crippen molar-refractivity contribution in [2.45, 2.75) is 20.4 Å². The minimum atomic E-state index is 0.528. The Morgan fingerprint density at radius 1 is 1.11 bits per heavy atom. The third-order valence-electron chi connectivity index (χ3n) is 2.92. The van der Waals surface area contributed by atoms with Crippen molar-refractivity contribution < 1.29 is 4.52 Å². The molecule has 0 aliphatic heterocycles. The molecule has 3 aromatic rings. The molecule has 0 aliphatic carbocycles. The van der Waals surface area contributed by atoms with Crippen LogP contribution in [0.5, 0.6) is 0 Å². The van der Waals surface area contributed by atoms with Crippen LogP contribution < -0.4 is 5.32 Å². The van der Waals surface area contributed by atoms with Crippen LogP contribution >= 0.6 is 0 Å². The van der Waals surface area contributed by atoms with Gasteiger partial charge in [-0.05, 0) is 19.4 Å². The van der Waals surface area contributed by atoms with Gasteiger partial charge in [0.2, 0.25) is 0 Å². The molecular formula is C14H14N4O. The first-order valence-corrected chi connectivity index (χ1v) is 6.12. The van der Waals surface area contributed by atoms with Crippen LogP contribution in [0.1, 0.15) is 17.1 Å². The molecule has 0 fully saturated rings. The van der Waals surface area contributed by atoms with E-state index < -0.39 is 0 Å². The number of aryl methyl sites for hydroxylation is 2. The lowest BCUT2D eigenvalue weighted by Gasteiger charge is -2.07. The Bertz CT molecular complexity index is 706. The number of hydrogen-bond donors (Lipinski definition) is 1. The van der Waals surface area contributed by atoms with Gasteiger partial charge in [0.05, 0.1) is 5.69 Å². The van der Waals surface area contributed by atoms with Crippen molar-refractivity contribution in [3.63, 3.8) is 0 Å². The van der Waals surface area contributed by atoms with Crippen LogP contribution in [0.25, 0.3) is 11.1 Å². The Kier molecular flexibility index (Phi) is 2.87. The van der Waals surface area contributed by atoms with Crippen LogP contribution in [-0.2, 0) is 6.54 Å². The van der Waals surface area contributed by atoms with Crippen molar-refractivity contribution in [3.8, 4) is 0 Å². The fourth-order valence-electron chi connectivity index (χ4n) is 2.01. The molecule has 0 radical (unpaired) electrons. The molecular weight excluding hydrogens is 240 g/mol. The summed E-state index contributed by atoms with van der Waals surface area (Å²) in [5.74, 6) is 1.43. The molecule has 2 aromatic heterocycles. The van der Waals surface area contributed by atoms with Gasteiger partial charge in [-0.3, -0.25) is 0 Å². The number of hydrogen-bond acceptors (Lipinski definition) is 5. The van der Waals surface area contributed by atoms with Gasteiger partial charge < -0.3 is 9.84 Å². The van der Waals surface area contributed by atoms with E-state index in [2.05, 4.69) is 32.6 Å². The molecule has 0 saturated heterocycles. The van der Waals surface area contributed by atoms with Gasteiger partial charge >= 0.3 is 0 Å². The molecule has 0 aliphatic rings. The lowest BCUT2D eigenvalue weighted by Crippen LogP contribution is -2.03. The van der Waals surface area contributed by atoms with Gasteiger partial charge in [0, 0.05) is 6.54 Å². The van der Waals surface area contributed by atoms with E-state index in [-0.39, 0.29) is 0 Å². The number of anilines is 1. The molecule has 5 nitrogen and oxygen atoms in total. The largest absolute Gasteiger partial charge is 0.365 e. The molecule has 0 saturated carbocycles. The second kappa shape index (κ2) is 4.68. The van der Waals surface area contributed by atoms with Gasteiger partial charge in [-0.1, -0.05) is 35.5 Å². The zero-order chi connectivity index (χ0) is 13.2. The normalized spacial score (nSPS) is 10.8. The van der Waals surface area contributed by atoms with Crippen molar-refractivity contribution >= 4 is 16.9 Å². The Morgan fingerprint density at radius 3 is 2.68 bits per heavy atom. The minimum Gasteiger partial charge on any atom is -0.365 e. The molecule has 3 rings (SSSR count). The number of fused-ring (bicyclic) bond motifs is 1. The molecule has 1 aromatic carbocycles. The van der Waals surface area contributed by atoms with Crippen molar-refractivity contribution in [2.75, 3.05) is 5.32 Å². The summed E-state index contributed by atoms with van der Waals surface area (Å²) in [4.78, 5) is 8.66. The van der Waals surface area contributed by atoms with Gasteiger partial charge in [0.1, 0.15) is 17.0 Å². The van der Waals surface area contributed by atoms with Crippen molar-refractivity contribution in [1.29, 1.82) is 0 Å². The first-order chi connectivity index (χ1) is 9.24. The molecule has 0 amide bonds. The van der Waals surface area contributed by atoms with E-state index in [4.69, 9.17) is 4.52 Å². The van der Waals surface area contributed by atoms with Crippen LogP contribution in [0.2, 0.25) is 0 Å². The van der Waals surface area contributed by atoms with Crippen LogP contribution in [0.15, 0.2) is 34.9 Å². The minimum absolute atomic E-state index is 0.528. The van der Waals surface area contributed by atoms with Gasteiger partial charge in [0.15, 0.2) is 0 Å². The van der Waals surface area contributed by atoms with Gasteiger partial charge in [-0.25, -0.2) is 4.98 Å². The van der Waals surface area contributed by atoms with Crippen molar-refractivity contribution in [3.05, 3.63) is 47.4 Å². The van der Waals surface area contributed by atoms with E-state index in [1.165, 1.54) is 5.56 Å². The highest BCUT2D eigenvalue weighted by molar-refractivity contribution is 5.87. The van der Waals surface area contributed by atoms with Crippen molar-refractivity contribution in [1.82, 2.24) is 15.1 Å². The average molecular weight is 254 g/mol.